The van der Waals surface area contributed by atoms with E-state index in [0.717, 1.165) is 5.56 Å². The lowest BCUT2D eigenvalue weighted by atomic mass is 9.84. The Morgan fingerprint density at radius 3 is 2.47 bits per heavy atom. The van der Waals surface area contributed by atoms with E-state index in [2.05, 4.69) is 0 Å². The van der Waals surface area contributed by atoms with E-state index >= 15 is 0 Å². The van der Waals surface area contributed by atoms with Crippen LogP contribution in [0.5, 0.6) is 0 Å². The second-order valence-electron chi connectivity index (χ2n) is 5.10. The zero-order valence-electron chi connectivity index (χ0n) is 10.6. The predicted octanol–water partition coefficient (Wildman–Crippen LogP) is 1.44. The van der Waals surface area contributed by atoms with Crippen LogP contribution in [0.4, 0.5) is 0 Å². The molecule has 5 nitrogen and oxygen atoms in total. The third-order valence-electron chi connectivity index (χ3n) is 3.63. The van der Waals surface area contributed by atoms with Crippen molar-refractivity contribution < 1.29 is 19.8 Å². The van der Waals surface area contributed by atoms with E-state index in [0.29, 0.717) is 26.1 Å². The highest BCUT2D eigenvalue weighted by molar-refractivity contribution is 5.82. The molecule has 1 unspecified atom stereocenters. The minimum Gasteiger partial charge on any atom is -0.481 e. The molecule has 1 saturated heterocycles. The molecule has 5 heteroatoms. The second-order valence-corrected chi connectivity index (χ2v) is 5.10. The number of hydrogen-bond acceptors (Lipinski definition) is 3. The fraction of sp³-hybridized carbons (Fsp3) is 0.429. The topological polar surface area (TPSA) is 77.8 Å². The Kier molecular flexibility index (Phi) is 3.85. The maximum absolute atomic E-state index is 11.4. The van der Waals surface area contributed by atoms with Crippen molar-refractivity contribution in [3.8, 4) is 0 Å². The third kappa shape index (κ3) is 3.12. The lowest BCUT2D eigenvalue weighted by Gasteiger charge is -2.23. The highest BCUT2D eigenvalue weighted by Gasteiger charge is 2.46. The summed E-state index contributed by atoms with van der Waals surface area (Å²) >= 11 is 0. The molecular weight excluding hydrogens is 246 g/mol. The van der Waals surface area contributed by atoms with Crippen molar-refractivity contribution >= 4 is 11.9 Å². The van der Waals surface area contributed by atoms with Gasteiger partial charge >= 0.3 is 11.9 Å². The van der Waals surface area contributed by atoms with Crippen LogP contribution in [0, 0.1) is 5.41 Å². The first-order valence-electron chi connectivity index (χ1n) is 6.23. The minimum atomic E-state index is -1.14. The van der Waals surface area contributed by atoms with E-state index in [4.69, 9.17) is 5.11 Å². The van der Waals surface area contributed by atoms with Crippen molar-refractivity contribution in [3.63, 3.8) is 0 Å². The lowest BCUT2D eigenvalue weighted by Crippen LogP contribution is -2.36. The van der Waals surface area contributed by atoms with E-state index in [9.17, 15) is 14.7 Å². The number of rotatable bonds is 5. The first-order valence-corrected chi connectivity index (χ1v) is 6.23. The molecular formula is C14H17NO4. The van der Waals surface area contributed by atoms with Gasteiger partial charge in [0.05, 0.1) is 11.8 Å². The molecule has 0 aliphatic carbocycles. The molecule has 19 heavy (non-hydrogen) atoms. The normalized spacial score (nSPS) is 23.4. The van der Waals surface area contributed by atoms with Gasteiger partial charge in [-0.15, -0.1) is 0 Å². The van der Waals surface area contributed by atoms with Gasteiger partial charge in [-0.1, -0.05) is 30.3 Å². The molecule has 1 aromatic rings. The summed E-state index contributed by atoms with van der Waals surface area (Å²) in [5, 5.41) is 18.2. The summed E-state index contributed by atoms with van der Waals surface area (Å²) in [6.45, 7) is 1.58. The summed E-state index contributed by atoms with van der Waals surface area (Å²) in [4.78, 5) is 24.2. The SMILES string of the molecule is O=C(O)CC1(C(=O)O)CCN(Cc2ccccc2)C1. The fourth-order valence-electron chi connectivity index (χ4n) is 2.62. The molecule has 102 valence electrons. The zero-order chi connectivity index (χ0) is 13.9. The van der Waals surface area contributed by atoms with Crippen LogP contribution in [0.1, 0.15) is 18.4 Å². The van der Waals surface area contributed by atoms with Crippen molar-refractivity contribution in [2.24, 2.45) is 5.41 Å². The molecule has 0 amide bonds. The highest BCUT2D eigenvalue weighted by Crippen LogP contribution is 2.35. The first kappa shape index (κ1) is 13.5. The van der Waals surface area contributed by atoms with Gasteiger partial charge in [0.1, 0.15) is 0 Å². The van der Waals surface area contributed by atoms with Gasteiger partial charge < -0.3 is 10.2 Å². The molecule has 1 aliphatic rings. The Balaban J connectivity index is 2.05. The van der Waals surface area contributed by atoms with E-state index in [1.165, 1.54) is 0 Å². The van der Waals surface area contributed by atoms with Gasteiger partial charge in [0, 0.05) is 13.1 Å². The van der Waals surface area contributed by atoms with Crippen LogP contribution in [0.15, 0.2) is 30.3 Å². The average molecular weight is 263 g/mol. The smallest absolute Gasteiger partial charge is 0.311 e. The van der Waals surface area contributed by atoms with Crippen molar-refractivity contribution in [1.82, 2.24) is 4.90 Å². The summed E-state index contributed by atoms with van der Waals surface area (Å²) in [7, 11) is 0. The van der Waals surface area contributed by atoms with Crippen molar-refractivity contribution in [3.05, 3.63) is 35.9 Å². The Labute approximate surface area is 111 Å². The molecule has 1 heterocycles. The maximum atomic E-state index is 11.4. The fourth-order valence-corrected chi connectivity index (χ4v) is 2.62. The standard InChI is InChI=1S/C14H17NO4/c16-12(17)8-14(13(18)19)6-7-15(10-14)9-11-4-2-1-3-5-11/h1-5H,6-10H2,(H,16,17)(H,18,19). The quantitative estimate of drug-likeness (QED) is 0.840. The van der Waals surface area contributed by atoms with Gasteiger partial charge in [-0.3, -0.25) is 14.5 Å². The molecule has 0 radical (unpaired) electrons. The molecule has 1 fully saturated rings. The third-order valence-corrected chi connectivity index (χ3v) is 3.63. The highest BCUT2D eigenvalue weighted by atomic mass is 16.4. The minimum absolute atomic E-state index is 0.295. The van der Waals surface area contributed by atoms with Crippen molar-refractivity contribution in [2.45, 2.75) is 19.4 Å². The van der Waals surface area contributed by atoms with E-state index in [1.807, 2.05) is 35.2 Å². The Morgan fingerprint density at radius 2 is 1.89 bits per heavy atom. The van der Waals surface area contributed by atoms with Gasteiger partial charge in [0.25, 0.3) is 0 Å². The zero-order valence-corrected chi connectivity index (χ0v) is 10.6. The van der Waals surface area contributed by atoms with Crippen molar-refractivity contribution in [2.75, 3.05) is 13.1 Å². The Morgan fingerprint density at radius 1 is 1.21 bits per heavy atom. The molecule has 1 aromatic carbocycles. The first-order chi connectivity index (χ1) is 9.02. The van der Waals surface area contributed by atoms with Crippen LogP contribution in [0.2, 0.25) is 0 Å². The maximum Gasteiger partial charge on any atom is 0.311 e. The van der Waals surface area contributed by atoms with Gasteiger partial charge in [-0.05, 0) is 18.5 Å². The van der Waals surface area contributed by atoms with Crippen LogP contribution in [-0.2, 0) is 16.1 Å². The van der Waals surface area contributed by atoms with Crippen LogP contribution in [0.3, 0.4) is 0 Å². The number of carboxylic acid groups (broad SMARTS) is 2. The van der Waals surface area contributed by atoms with Gasteiger partial charge in [0.15, 0.2) is 0 Å². The van der Waals surface area contributed by atoms with Crippen LogP contribution in [0.25, 0.3) is 0 Å². The Hall–Kier alpha value is -1.88. The summed E-state index contributed by atoms with van der Waals surface area (Å²) in [5.41, 5.74) is -0.0281. The number of carbonyl (C=O) groups is 2. The molecule has 1 atom stereocenters. The van der Waals surface area contributed by atoms with E-state index in [1.54, 1.807) is 0 Å². The molecule has 0 aromatic heterocycles. The number of aliphatic carboxylic acids is 2. The largest absolute Gasteiger partial charge is 0.481 e. The van der Waals surface area contributed by atoms with Gasteiger partial charge in [0.2, 0.25) is 0 Å². The molecule has 0 bridgehead atoms. The molecule has 2 N–H and O–H groups in total. The summed E-state index contributed by atoms with van der Waals surface area (Å²) in [5.74, 6) is -2.06. The average Bonchev–Trinajstić information content (AvgIpc) is 2.74. The van der Waals surface area contributed by atoms with E-state index in [-0.39, 0.29) is 6.42 Å². The number of likely N-dealkylation sites (tertiary alicyclic amines) is 1. The molecule has 1 aliphatic heterocycles. The second kappa shape index (κ2) is 5.40. The summed E-state index contributed by atoms with van der Waals surface area (Å²) in [6, 6.07) is 9.77. The molecule has 0 saturated carbocycles. The van der Waals surface area contributed by atoms with Gasteiger partial charge in [-0.2, -0.15) is 0 Å². The van der Waals surface area contributed by atoms with E-state index < -0.39 is 17.4 Å². The van der Waals surface area contributed by atoms with Crippen LogP contribution in [-0.4, -0.2) is 40.1 Å². The van der Waals surface area contributed by atoms with Crippen LogP contribution < -0.4 is 0 Å². The summed E-state index contributed by atoms with van der Waals surface area (Å²) in [6.07, 6.45) is 0.0785. The number of nitrogens with zero attached hydrogens (tertiary/aromatic N) is 1. The van der Waals surface area contributed by atoms with Gasteiger partial charge in [-0.25, -0.2) is 0 Å². The lowest BCUT2D eigenvalue weighted by molar-refractivity contribution is -0.155. The summed E-state index contributed by atoms with van der Waals surface area (Å²) < 4.78 is 0. The number of carboxylic acids is 2. The molecule has 0 spiro atoms. The number of hydrogen-bond donors (Lipinski definition) is 2. The van der Waals surface area contributed by atoms with Crippen molar-refractivity contribution in [1.29, 1.82) is 0 Å². The predicted molar refractivity (Wildman–Crippen MR) is 68.7 cm³/mol. The Bertz CT molecular complexity index is 474. The van der Waals surface area contributed by atoms with Crippen LogP contribution >= 0.6 is 0 Å². The monoisotopic (exact) mass is 263 g/mol. The number of benzene rings is 1. The molecule has 2 rings (SSSR count).